The van der Waals surface area contributed by atoms with E-state index in [0.29, 0.717) is 44.4 Å². The fourth-order valence-corrected chi connectivity index (χ4v) is 5.33. The van der Waals surface area contributed by atoms with E-state index in [1.165, 1.54) is 12.3 Å². The molecule has 1 saturated carbocycles. The number of aromatic amines is 1. The zero-order valence-corrected chi connectivity index (χ0v) is 20.9. The molecule has 0 radical (unpaired) electrons. The fraction of sp³-hybridized carbons (Fsp3) is 0.214. The second-order valence-corrected chi connectivity index (χ2v) is 10.9. The number of ether oxygens (including phenoxy) is 1. The van der Waals surface area contributed by atoms with Crippen LogP contribution < -0.4 is 10.2 Å². The van der Waals surface area contributed by atoms with Crippen molar-refractivity contribution in [3.63, 3.8) is 0 Å². The molecule has 1 aliphatic rings. The normalized spacial score (nSPS) is 14.0. The molecular weight excluding hydrogens is 493 g/mol. The third kappa shape index (κ3) is 3.85. The topological polar surface area (TPSA) is 94.1 Å². The molecule has 0 saturated heterocycles. The van der Waals surface area contributed by atoms with Gasteiger partial charge in [0.25, 0.3) is 0 Å². The molecule has 0 aliphatic heterocycles. The van der Waals surface area contributed by atoms with Crippen LogP contribution in [0.2, 0.25) is 0 Å². The Morgan fingerprint density at radius 3 is 2.62 bits per heavy atom. The van der Waals surface area contributed by atoms with Gasteiger partial charge >= 0.3 is 10.2 Å². The van der Waals surface area contributed by atoms with Gasteiger partial charge in [0.15, 0.2) is 5.43 Å². The Labute approximate surface area is 212 Å². The average molecular weight is 516 g/mol. The zero-order valence-electron chi connectivity index (χ0n) is 20.1. The summed E-state index contributed by atoms with van der Waals surface area (Å²) in [5, 5.41) is 1.84. The highest BCUT2D eigenvalue weighted by atomic mass is 32.3. The van der Waals surface area contributed by atoms with E-state index in [1.54, 1.807) is 12.1 Å². The molecule has 2 aromatic carbocycles. The Kier molecular flexibility index (Phi) is 5.14. The van der Waals surface area contributed by atoms with Gasteiger partial charge in [-0.15, -0.1) is 10.3 Å². The predicted octanol–water partition coefficient (Wildman–Crippen LogP) is 5.46. The quantitative estimate of drug-likeness (QED) is 0.248. The lowest BCUT2D eigenvalue weighted by atomic mass is 10.0. The number of rotatable bonds is 5. The summed E-state index contributed by atoms with van der Waals surface area (Å²) >= 11 is 0. The highest BCUT2D eigenvalue weighted by molar-refractivity contribution is 7.86. The molecule has 1 aliphatic carbocycles. The van der Waals surface area contributed by atoms with Gasteiger partial charge in [-0.25, -0.2) is 0 Å². The van der Waals surface area contributed by atoms with E-state index in [0.717, 1.165) is 29.9 Å². The first-order valence-corrected chi connectivity index (χ1v) is 13.2. The standard InChI is InChI=1S/C28H22FN3O4S/c1-4-16-5-8-20-23(9-16)31-28-26(20)27(33)22-12-25(36-15(2)3)21(11-24(22)32(28)18-6-7-18)17-10-19(14-30-13-17)37(29,34)35/h1,5,8-15,18,31H,6-7H2,2-3H3. The van der Waals surface area contributed by atoms with Crippen LogP contribution in [0, 0.1) is 12.3 Å². The molecule has 0 atom stereocenters. The Morgan fingerprint density at radius 2 is 1.95 bits per heavy atom. The van der Waals surface area contributed by atoms with Crippen molar-refractivity contribution in [2.24, 2.45) is 0 Å². The van der Waals surface area contributed by atoms with Crippen LogP contribution in [0.4, 0.5) is 3.89 Å². The Balaban J connectivity index is 1.73. The Morgan fingerprint density at radius 1 is 1.16 bits per heavy atom. The highest BCUT2D eigenvalue weighted by Gasteiger charge is 2.29. The number of terminal acetylenes is 1. The molecule has 1 fully saturated rings. The molecule has 0 bridgehead atoms. The molecule has 5 aromatic rings. The summed E-state index contributed by atoms with van der Waals surface area (Å²) in [6.45, 7) is 3.70. The largest absolute Gasteiger partial charge is 0.490 e. The molecule has 37 heavy (non-hydrogen) atoms. The lowest BCUT2D eigenvalue weighted by Gasteiger charge is -2.18. The summed E-state index contributed by atoms with van der Waals surface area (Å²) in [7, 11) is -4.96. The Bertz CT molecular complexity index is 1960. The number of H-pyrrole nitrogens is 1. The maximum absolute atomic E-state index is 13.9. The fourth-order valence-electron chi connectivity index (χ4n) is 4.88. The van der Waals surface area contributed by atoms with Crippen LogP contribution in [0.3, 0.4) is 0 Å². The van der Waals surface area contributed by atoms with E-state index in [-0.39, 0.29) is 17.6 Å². The molecular formula is C28H22FN3O4S. The Hall–Kier alpha value is -4.16. The van der Waals surface area contributed by atoms with Crippen molar-refractivity contribution in [1.82, 2.24) is 14.5 Å². The van der Waals surface area contributed by atoms with Gasteiger partial charge in [0.2, 0.25) is 0 Å². The molecule has 1 N–H and O–H groups in total. The first kappa shape index (κ1) is 23.3. The summed E-state index contributed by atoms with van der Waals surface area (Å²) in [6, 6.07) is 10.4. The lowest BCUT2D eigenvalue weighted by Crippen LogP contribution is -2.12. The van der Waals surface area contributed by atoms with E-state index < -0.39 is 15.1 Å². The average Bonchev–Trinajstić information content (AvgIpc) is 3.62. The third-order valence-electron chi connectivity index (χ3n) is 6.60. The highest BCUT2D eigenvalue weighted by Crippen LogP contribution is 2.43. The molecule has 3 aromatic heterocycles. The smallest absolute Gasteiger partial charge is 0.333 e. The first-order valence-electron chi connectivity index (χ1n) is 11.9. The van der Waals surface area contributed by atoms with Gasteiger partial charge < -0.3 is 14.3 Å². The van der Waals surface area contributed by atoms with Gasteiger partial charge in [0.1, 0.15) is 16.3 Å². The molecule has 186 valence electrons. The number of nitrogens with zero attached hydrogens (tertiary/aromatic N) is 2. The van der Waals surface area contributed by atoms with Crippen LogP contribution in [0.5, 0.6) is 5.75 Å². The maximum Gasteiger partial charge on any atom is 0.333 e. The van der Waals surface area contributed by atoms with Gasteiger partial charge in [-0.1, -0.05) is 12.0 Å². The SMILES string of the molecule is C#Cc1ccc2c(c1)[nH]c1c2c(=O)c2cc(OC(C)C)c(-c3cncc(S(=O)(=O)F)c3)cc2n1C1CC1. The van der Waals surface area contributed by atoms with Crippen LogP contribution >= 0.6 is 0 Å². The molecule has 0 unspecified atom stereocenters. The predicted molar refractivity (Wildman–Crippen MR) is 141 cm³/mol. The minimum atomic E-state index is -4.96. The second-order valence-electron chi connectivity index (χ2n) is 9.56. The summed E-state index contributed by atoms with van der Waals surface area (Å²) in [4.78, 5) is 20.7. The number of halogens is 1. The number of pyridine rings is 2. The van der Waals surface area contributed by atoms with E-state index >= 15 is 0 Å². The van der Waals surface area contributed by atoms with E-state index in [9.17, 15) is 17.1 Å². The van der Waals surface area contributed by atoms with Crippen molar-refractivity contribution < 1.29 is 17.0 Å². The molecule has 0 amide bonds. The molecule has 7 nitrogen and oxygen atoms in total. The number of fused-ring (bicyclic) bond motifs is 4. The monoisotopic (exact) mass is 515 g/mol. The maximum atomic E-state index is 13.9. The van der Waals surface area contributed by atoms with E-state index in [4.69, 9.17) is 11.2 Å². The van der Waals surface area contributed by atoms with Gasteiger partial charge in [0.05, 0.1) is 22.4 Å². The van der Waals surface area contributed by atoms with Crippen molar-refractivity contribution in [1.29, 1.82) is 0 Å². The molecule has 6 rings (SSSR count). The van der Waals surface area contributed by atoms with Gasteiger partial charge in [0, 0.05) is 46.0 Å². The van der Waals surface area contributed by atoms with E-state index in [2.05, 4.69) is 20.5 Å². The van der Waals surface area contributed by atoms with Crippen molar-refractivity contribution in [3.8, 4) is 29.2 Å². The summed E-state index contributed by atoms with van der Waals surface area (Å²) < 4.78 is 45.1. The number of hydrogen-bond acceptors (Lipinski definition) is 5. The van der Waals surface area contributed by atoms with Crippen LogP contribution in [-0.4, -0.2) is 29.1 Å². The minimum absolute atomic E-state index is 0.153. The summed E-state index contributed by atoms with van der Waals surface area (Å²) in [6.07, 6.45) is 9.67. The second kappa shape index (κ2) is 8.18. The van der Waals surface area contributed by atoms with Crippen LogP contribution in [0.1, 0.15) is 38.3 Å². The number of aromatic nitrogens is 3. The van der Waals surface area contributed by atoms with Crippen LogP contribution in [-0.2, 0) is 10.2 Å². The summed E-state index contributed by atoms with van der Waals surface area (Å²) in [5.74, 6) is 3.01. The first-order chi connectivity index (χ1) is 17.7. The van der Waals surface area contributed by atoms with Gasteiger partial charge in [-0.2, -0.15) is 8.42 Å². The molecule has 3 heterocycles. The van der Waals surface area contributed by atoms with Crippen molar-refractivity contribution in [2.45, 2.75) is 43.7 Å². The van der Waals surface area contributed by atoms with Crippen LogP contribution in [0.25, 0.3) is 44.0 Å². The lowest BCUT2D eigenvalue weighted by molar-refractivity contribution is 0.244. The van der Waals surface area contributed by atoms with Crippen molar-refractivity contribution >= 4 is 43.1 Å². The molecule has 0 spiro atoms. The summed E-state index contributed by atoms with van der Waals surface area (Å²) in [5.41, 5.74) is 3.57. The third-order valence-corrected chi connectivity index (χ3v) is 7.38. The van der Waals surface area contributed by atoms with Crippen molar-refractivity contribution in [3.05, 3.63) is 64.6 Å². The number of hydrogen-bond donors (Lipinski definition) is 1. The van der Waals surface area contributed by atoms with Gasteiger partial charge in [-0.05, 0) is 57.0 Å². The number of nitrogens with one attached hydrogen (secondary N) is 1. The van der Waals surface area contributed by atoms with E-state index in [1.807, 2.05) is 32.0 Å². The van der Waals surface area contributed by atoms with Crippen molar-refractivity contribution in [2.75, 3.05) is 0 Å². The zero-order chi connectivity index (χ0) is 26.1. The van der Waals surface area contributed by atoms with Crippen LogP contribution in [0.15, 0.2) is 58.5 Å². The van der Waals surface area contributed by atoms with Gasteiger partial charge in [-0.3, -0.25) is 9.78 Å². The minimum Gasteiger partial charge on any atom is -0.490 e. The molecule has 9 heteroatoms. The number of benzene rings is 2.